The van der Waals surface area contributed by atoms with E-state index in [1.54, 1.807) is 0 Å². The molecule has 3 aliphatic heterocycles. The summed E-state index contributed by atoms with van der Waals surface area (Å²) < 4.78 is 9.66. The van der Waals surface area contributed by atoms with Gasteiger partial charge in [0.15, 0.2) is 5.69 Å². The molecular formula is C17H20N4O2S. The van der Waals surface area contributed by atoms with Gasteiger partial charge in [-0.25, -0.2) is 0 Å². The maximum Gasteiger partial charge on any atom is 0.273 e. The van der Waals surface area contributed by atoms with Crippen LogP contribution in [0.3, 0.4) is 0 Å². The fourth-order valence-corrected chi connectivity index (χ4v) is 4.06. The molecule has 1 aromatic heterocycles. The number of aromatic nitrogens is 2. The second-order valence-electron chi connectivity index (χ2n) is 6.36. The van der Waals surface area contributed by atoms with Gasteiger partial charge in [-0.05, 0) is 55.5 Å². The SMILES string of the molecule is O=C(NC1CN2CCC1CC2)c1nnsc1COc1ccccc1. The average Bonchev–Trinajstić information content (AvgIpc) is 3.11. The number of amides is 1. The number of piperidine rings is 3. The molecule has 24 heavy (non-hydrogen) atoms. The molecule has 0 spiro atoms. The predicted molar refractivity (Wildman–Crippen MR) is 91.1 cm³/mol. The van der Waals surface area contributed by atoms with Gasteiger partial charge >= 0.3 is 0 Å². The Morgan fingerprint density at radius 1 is 1.29 bits per heavy atom. The largest absolute Gasteiger partial charge is 0.488 e. The van der Waals surface area contributed by atoms with E-state index in [1.165, 1.54) is 24.4 Å². The van der Waals surface area contributed by atoms with Crippen LogP contribution in [0, 0.1) is 5.92 Å². The smallest absolute Gasteiger partial charge is 0.273 e. The van der Waals surface area contributed by atoms with Crippen molar-refractivity contribution in [1.29, 1.82) is 0 Å². The minimum Gasteiger partial charge on any atom is -0.488 e. The molecule has 1 N–H and O–H groups in total. The number of hydrogen-bond donors (Lipinski definition) is 1. The van der Waals surface area contributed by atoms with E-state index in [0.717, 1.165) is 30.3 Å². The standard InChI is InChI=1S/C17H20N4O2S/c22-17(18-14-10-21-8-6-12(14)7-9-21)16-15(24-20-19-16)11-23-13-4-2-1-3-5-13/h1-5,12,14H,6-11H2,(H,18,22). The highest BCUT2D eigenvalue weighted by Crippen LogP contribution is 2.27. The van der Waals surface area contributed by atoms with Crippen LogP contribution in [-0.4, -0.2) is 46.1 Å². The number of benzene rings is 1. The highest BCUT2D eigenvalue weighted by Gasteiger charge is 2.35. The topological polar surface area (TPSA) is 67.4 Å². The Bertz CT molecular complexity index is 698. The van der Waals surface area contributed by atoms with Crippen molar-refractivity contribution in [1.82, 2.24) is 19.8 Å². The van der Waals surface area contributed by atoms with Gasteiger partial charge < -0.3 is 15.0 Å². The van der Waals surface area contributed by atoms with E-state index in [1.807, 2.05) is 30.3 Å². The number of rotatable bonds is 5. The number of nitrogens with zero attached hydrogens (tertiary/aromatic N) is 3. The van der Waals surface area contributed by atoms with Gasteiger partial charge in [-0.3, -0.25) is 4.79 Å². The summed E-state index contributed by atoms with van der Waals surface area (Å²) in [6.45, 7) is 3.57. The first kappa shape index (κ1) is 15.5. The molecular weight excluding hydrogens is 324 g/mol. The molecule has 3 aliphatic rings. The van der Waals surface area contributed by atoms with Crippen LogP contribution in [0.1, 0.15) is 28.2 Å². The summed E-state index contributed by atoms with van der Waals surface area (Å²) in [4.78, 5) is 15.8. The molecule has 0 radical (unpaired) electrons. The van der Waals surface area contributed by atoms with Gasteiger partial charge in [0.2, 0.25) is 0 Å². The van der Waals surface area contributed by atoms with Gasteiger partial charge in [0.05, 0.1) is 4.88 Å². The Kier molecular flexibility index (Phi) is 4.44. The average molecular weight is 344 g/mol. The lowest BCUT2D eigenvalue weighted by Gasteiger charge is -2.44. The third-order valence-corrected chi connectivity index (χ3v) is 5.55. The van der Waals surface area contributed by atoms with E-state index in [-0.39, 0.29) is 11.9 Å². The highest BCUT2D eigenvalue weighted by molar-refractivity contribution is 7.05. The molecule has 0 saturated carbocycles. The third kappa shape index (κ3) is 3.27. The van der Waals surface area contributed by atoms with Crippen molar-refractivity contribution in [2.75, 3.05) is 19.6 Å². The van der Waals surface area contributed by atoms with Gasteiger partial charge in [0.1, 0.15) is 12.4 Å². The van der Waals surface area contributed by atoms with Crippen LogP contribution in [0.4, 0.5) is 0 Å². The molecule has 2 aromatic rings. The first-order chi connectivity index (χ1) is 11.8. The van der Waals surface area contributed by atoms with Crippen molar-refractivity contribution in [3.63, 3.8) is 0 Å². The van der Waals surface area contributed by atoms with Crippen LogP contribution < -0.4 is 10.1 Å². The van der Waals surface area contributed by atoms with Crippen LogP contribution in [-0.2, 0) is 6.61 Å². The highest BCUT2D eigenvalue weighted by atomic mass is 32.1. The second kappa shape index (κ2) is 6.86. The maximum atomic E-state index is 12.6. The molecule has 1 amide bonds. The van der Waals surface area contributed by atoms with Gasteiger partial charge in [0, 0.05) is 12.6 Å². The molecule has 2 bridgehead atoms. The van der Waals surface area contributed by atoms with Crippen molar-refractivity contribution in [3.8, 4) is 5.75 Å². The summed E-state index contributed by atoms with van der Waals surface area (Å²) in [5.41, 5.74) is 0.396. The maximum absolute atomic E-state index is 12.6. The van der Waals surface area contributed by atoms with Crippen molar-refractivity contribution >= 4 is 17.4 Å². The monoisotopic (exact) mass is 344 g/mol. The van der Waals surface area contributed by atoms with Crippen LogP contribution in [0.25, 0.3) is 0 Å². The molecule has 1 unspecified atom stereocenters. The first-order valence-electron chi connectivity index (χ1n) is 8.32. The molecule has 126 valence electrons. The van der Waals surface area contributed by atoms with Crippen LogP contribution in [0.5, 0.6) is 5.75 Å². The van der Waals surface area contributed by atoms with E-state index < -0.39 is 0 Å². The van der Waals surface area contributed by atoms with Gasteiger partial charge in [0.25, 0.3) is 5.91 Å². The fourth-order valence-electron chi connectivity index (χ4n) is 3.51. The summed E-state index contributed by atoms with van der Waals surface area (Å²) in [5, 5.41) is 7.18. The number of carbonyl (C=O) groups is 1. The zero-order valence-electron chi connectivity index (χ0n) is 13.4. The lowest BCUT2D eigenvalue weighted by molar-refractivity contribution is 0.0616. The number of hydrogen-bond acceptors (Lipinski definition) is 6. The van der Waals surface area contributed by atoms with Crippen molar-refractivity contribution in [2.24, 2.45) is 5.92 Å². The molecule has 1 aromatic carbocycles. The van der Waals surface area contributed by atoms with Gasteiger partial charge in [-0.15, -0.1) is 5.10 Å². The third-order valence-electron chi connectivity index (χ3n) is 4.86. The lowest BCUT2D eigenvalue weighted by Crippen LogP contribution is -2.57. The fraction of sp³-hybridized carbons (Fsp3) is 0.471. The molecule has 3 saturated heterocycles. The normalized spacial score (nSPS) is 25.4. The molecule has 1 atom stereocenters. The van der Waals surface area contributed by atoms with Crippen LogP contribution >= 0.6 is 11.5 Å². The number of para-hydroxylation sites is 1. The first-order valence-corrected chi connectivity index (χ1v) is 9.09. The number of ether oxygens (including phenoxy) is 1. The second-order valence-corrected chi connectivity index (χ2v) is 7.20. The van der Waals surface area contributed by atoms with Crippen molar-refractivity contribution in [2.45, 2.75) is 25.5 Å². The summed E-state index contributed by atoms with van der Waals surface area (Å²) >= 11 is 1.22. The lowest BCUT2D eigenvalue weighted by atomic mass is 9.84. The molecule has 5 rings (SSSR count). The molecule has 3 fully saturated rings. The summed E-state index contributed by atoms with van der Waals surface area (Å²) in [6, 6.07) is 9.78. The van der Waals surface area contributed by atoms with E-state index in [0.29, 0.717) is 18.2 Å². The Morgan fingerprint density at radius 3 is 2.79 bits per heavy atom. The molecule has 7 heteroatoms. The van der Waals surface area contributed by atoms with Gasteiger partial charge in [-0.2, -0.15) is 0 Å². The number of nitrogens with one attached hydrogen (secondary N) is 1. The predicted octanol–water partition coefficient (Wildman–Crippen LogP) is 1.94. The van der Waals surface area contributed by atoms with Crippen molar-refractivity contribution < 1.29 is 9.53 Å². The number of carbonyl (C=O) groups excluding carboxylic acids is 1. The number of fused-ring (bicyclic) bond motifs is 3. The molecule has 4 heterocycles. The van der Waals surface area contributed by atoms with E-state index in [4.69, 9.17) is 4.74 Å². The zero-order valence-corrected chi connectivity index (χ0v) is 14.2. The zero-order chi connectivity index (χ0) is 16.4. The quantitative estimate of drug-likeness (QED) is 0.898. The molecule has 6 nitrogen and oxygen atoms in total. The Hall–Kier alpha value is -1.99. The summed E-state index contributed by atoms with van der Waals surface area (Å²) in [6.07, 6.45) is 2.34. The minimum atomic E-state index is -0.130. The Labute approximate surface area is 145 Å². The Balaban J connectivity index is 1.39. The summed E-state index contributed by atoms with van der Waals surface area (Å²) in [7, 11) is 0. The van der Waals surface area contributed by atoms with Crippen LogP contribution in [0.15, 0.2) is 30.3 Å². The summed E-state index contributed by atoms with van der Waals surface area (Å²) in [5.74, 6) is 1.23. The van der Waals surface area contributed by atoms with E-state index in [2.05, 4.69) is 19.8 Å². The van der Waals surface area contributed by atoms with Gasteiger partial charge in [-0.1, -0.05) is 22.7 Å². The minimum absolute atomic E-state index is 0.130. The van der Waals surface area contributed by atoms with E-state index >= 15 is 0 Å². The van der Waals surface area contributed by atoms with Crippen molar-refractivity contribution in [3.05, 3.63) is 40.9 Å². The van der Waals surface area contributed by atoms with Crippen LogP contribution in [0.2, 0.25) is 0 Å². The Morgan fingerprint density at radius 2 is 2.08 bits per heavy atom. The molecule has 0 aliphatic carbocycles. The van der Waals surface area contributed by atoms with E-state index in [9.17, 15) is 4.79 Å².